The van der Waals surface area contributed by atoms with Crippen LogP contribution in [-0.4, -0.2) is 73.4 Å². The highest BCUT2D eigenvalue weighted by Crippen LogP contribution is 2.28. The largest absolute Gasteiger partial charge is 0.383 e. The number of halogens is 5. The van der Waals surface area contributed by atoms with Crippen LogP contribution in [0.3, 0.4) is 0 Å². The maximum absolute atomic E-state index is 13.0. The van der Waals surface area contributed by atoms with E-state index in [9.17, 15) is 22.4 Å². The Balaban J connectivity index is 0.00000200. The highest BCUT2D eigenvalue weighted by molar-refractivity contribution is 5.85. The first-order valence-corrected chi connectivity index (χ1v) is 6.33. The Morgan fingerprint density at radius 3 is 2.35 bits per heavy atom. The van der Waals surface area contributed by atoms with Crippen LogP contribution in [0.1, 0.15) is 6.42 Å². The Morgan fingerprint density at radius 2 is 1.80 bits per heavy atom. The van der Waals surface area contributed by atoms with Gasteiger partial charge in [-0.15, -0.1) is 12.4 Å². The van der Waals surface area contributed by atoms with Crippen molar-refractivity contribution in [2.24, 2.45) is 0 Å². The van der Waals surface area contributed by atoms with Gasteiger partial charge in [-0.3, -0.25) is 9.69 Å². The normalized spacial score (nSPS) is 24.9. The van der Waals surface area contributed by atoms with E-state index < -0.39 is 18.3 Å². The Labute approximate surface area is 120 Å². The molecule has 0 aromatic heterocycles. The highest BCUT2D eigenvalue weighted by Gasteiger charge is 2.52. The summed E-state index contributed by atoms with van der Waals surface area (Å²) in [6.45, 7) is 3.45. The molecule has 1 N–H and O–H groups in total. The summed E-state index contributed by atoms with van der Waals surface area (Å²) in [6, 6.07) is -0.000442. The number of carbonyl (C=O) groups excluding carboxylic acids is 1. The van der Waals surface area contributed by atoms with Crippen LogP contribution in [0.2, 0.25) is 0 Å². The van der Waals surface area contributed by atoms with Gasteiger partial charge in [0.05, 0.1) is 0 Å². The van der Waals surface area contributed by atoms with E-state index in [0.717, 1.165) is 31.1 Å². The van der Waals surface area contributed by atoms with Crippen molar-refractivity contribution in [2.45, 2.75) is 24.8 Å². The third-order valence-corrected chi connectivity index (χ3v) is 3.68. The molecule has 2 fully saturated rings. The summed E-state index contributed by atoms with van der Waals surface area (Å²) in [5.74, 6) is -6.32. The van der Waals surface area contributed by atoms with Gasteiger partial charge in [0, 0.05) is 45.3 Å². The number of likely N-dealkylation sites (tertiary alicyclic amines) is 1. The molecule has 1 unspecified atom stereocenters. The third-order valence-electron chi connectivity index (χ3n) is 3.68. The molecule has 2 aliphatic heterocycles. The van der Waals surface area contributed by atoms with Crippen molar-refractivity contribution < 1.29 is 22.4 Å². The van der Waals surface area contributed by atoms with Gasteiger partial charge in [0.1, 0.15) is 0 Å². The average Bonchev–Trinajstić information content (AvgIpc) is 2.88. The molecule has 0 bridgehead atoms. The van der Waals surface area contributed by atoms with Crippen LogP contribution in [0, 0.1) is 0 Å². The van der Waals surface area contributed by atoms with Crippen molar-refractivity contribution in [3.05, 3.63) is 0 Å². The third kappa shape index (κ3) is 3.53. The molecule has 0 saturated carbocycles. The minimum atomic E-state index is -4.57. The second-order valence-corrected chi connectivity index (χ2v) is 4.90. The maximum Gasteiger partial charge on any atom is 0.383 e. The van der Waals surface area contributed by atoms with E-state index in [0.29, 0.717) is 6.42 Å². The fraction of sp³-hybridized carbons (Fsp3) is 0.909. The first-order chi connectivity index (χ1) is 8.93. The van der Waals surface area contributed by atoms with Crippen LogP contribution in [0.5, 0.6) is 0 Å². The molecule has 0 spiro atoms. The molecule has 0 aliphatic carbocycles. The zero-order valence-electron chi connectivity index (χ0n) is 10.8. The Hall–Kier alpha value is -0.600. The predicted molar refractivity (Wildman–Crippen MR) is 67.6 cm³/mol. The van der Waals surface area contributed by atoms with Gasteiger partial charge in [0.15, 0.2) is 0 Å². The molecule has 2 rings (SSSR count). The first kappa shape index (κ1) is 17.5. The zero-order chi connectivity index (χ0) is 14.0. The lowest BCUT2D eigenvalue weighted by Crippen LogP contribution is -2.51. The molecule has 0 aromatic carbocycles. The van der Waals surface area contributed by atoms with Crippen molar-refractivity contribution in [1.29, 1.82) is 0 Å². The lowest BCUT2D eigenvalue weighted by atomic mass is 10.2. The number of alkyl halides is 4. The monoisotopic (exact) mass is 319 g/mol. The SMILES string of the molecule is Cl.O=C(N1CCC(N2CCNCC2)C1)C(F)(F)C(F)F. The summed E-state index contributed by atoms with van der Waals surface area (Å²) in [4.78, 5) is 14.4. The molecule has 0 radical (unpaired) electrons. The van der Waals surface area contributed by atoms with Gasteiger partial charge in [-0.05, 0) is 6.42 Å². The lowest BCUT2D eigenvalue weighted by Gasteiger charge is -2.32. The number of carbonyl (C=O) groups is 1. The second-order valence-electron chi connectivity index (χ2n) is 4.90. The molecule has 2 aliphatic rings. The summed E-state index contributed by atoms with van der Waals surface area (Å²) in [6.07, 6.45) is -3.39. The number of rotatable bonds is 3. The fourth-order valence-corrected chi connectivity index (χ4v) is 2.58. The standard InChI is InChI=1S/C11H17F4N3O.ClH/c12-9(13)11(14,15)10(19)18-4-1-8(7-18)17-5-2-16-3-6-17;/h8-9,16H,1-7H2;1H. The van der Waals surface area contributed by atoms with E-state index in [2.05, 4.69) is 10.2 Å². The number of hydrogen-bond acceptors (Lipinski definition) is 3. The van der Waals surface area contributed by atoms with E-state index >= 15 is 0 Å². The predicted octanol–water partition coefficient (Wildman–Crippen LogP) is 0.815. The number of piperazine rings is 1. The van der Waals surface area contributed by atoms with Crippen LogP contribution in [0.15, 0.2) is 0 Å². The van der Waals surface area contributed by atoms with Gasteiger partial charge in [-0.25, -0.2) is 8.78 Å². The molecule has 1 atom stereocenters. The minimum absolute atomic E-state index is 0. The van der Waals surface area contributed by atoms with E-state index in [1.807, 2.05) is 0 Å². The van der Waals surface area contributed by atoms with Gasteiger partial charge in [-0.1, -0.05) is 0 Å². The highest BCUT2D eigenvalue weighted by atomic mass is 35.5. The van der Waals surface area contributed by atoms with Crippen LogP contribution in [-0.2, 0) is 4.79 Å². The summed E-state index contributed by atoms with van der Waals surface area (Å²) in [5.41, 5.74) is 0. The van der Waals surface area contributed by atoms with Crippen LogP contribution < -0.4 is 5.32 Å². The maximum atomic E-state index is 13.0. The summed E-state index contributed by atoms with van der Waals surface area (Å²) in [5, 5.41) is 3.17. The summed E-state index contributed by atoms with van der Waals surface area (Å²) < 4.78 is 50.3. The average molecular weight is 320 g/mol. The molecule has 2 heterocycles. The lowest BCUT2D eigenvalue weighted by molar-refractivity contribution is -0.179. The fourth-order valence-electron chi connectivity index (χ4n) is 2.58. The van der Waals surface area contributed by atoms with Gasteiger partial charge in [-0.2, -0.15) is 8.78 Å². The van der Waals surface area contributed by atoms with Crippen LogP contribution >= 0.6 is 12.4 Å². The van der Waals surface area contributed by atoms with Crippen molar-refractivity contribution in [1.82, 2.24) is 15.1 Å². The molecule has 118 valence electrons. The molecular weight excluding hydrogens is 302 g/mol. The molecule has 9 heteroatoms. The topological polar surface area (TPSA) is 35.6 Å². The molecular formula is C11H18ClF4N3O. The quantitative estimate of drug-likeness (QED) is 0.782. The van der Waals surface area contributed by atoms with Crippen molar-refractivity contribution in [2.75, 3.05) is 39.3 Å². The molecule has 1 amide bonds. The number of nitrogens with zero attached hydrogens (tertiary/aromatic N) is 2. The first-order valence-electron chi connectivity index (χ1n) is 6.33. The smallest absolute Gasteiger partial charge is 0.336 e. The van der Waals surface area contributed by atoms with E-state index in [4.69, 9.17) is 0 Å². The molecule has 20 heavy (non-hydrogen) atoms. The zero-order valence-corrected chi connectivity index (χ0v) is 11.6. The van der Waals surface area contributed by atoms with Crippen molar-refractivity contribution in [3.8, 4) is 0 Å². The van der Waals surface area contributed by atoms with E-state index in [1.54, 1.807) is 0 Å². The molecule has 0 aromatic rings. The second kappa shape index (κ2) is 6.91. The molecule has 4 nitrogen and oxygen atoms in total. The van der Waals surface area contributed by atoms with E-state index in [-0.39, 0.29) is 31.5 Å². The van der Waals surface area contributed by atoms with Gasteiger partial charge in [0.25, 0.3) is 5.91 Å². The number of nitrogens with one attached hydrogen (secondary N) is 1. The number of hydrogen-bond donors (Lipinski definition) is 1. The van der Waals surface area contributed by atoms with Gasteiger partial charge >= 0.3 is 12.3 Å². The summed E-state index contributed by atoms with van der Waals surface area (Å²) >= 11 is 0. The van der Waals surface area contributed by atoms with Crippen LogP contribution in [0.4, 0.5) is 17.6 Å². The van der Waals surface area contributed by atoms with E-state index in [1.165, 1.54) is 0 Å². The Bertz CT molecular complexity index is 340. The Kier molecular flexibility index (Phi) is 6.03. The summed E-state index contributed by atoms with van der Waals surface area (Å²) in [7, 11) is 0. The van der Waals surface area contributed by atoms with Crippen molar-refractivity contribution in [3.63, 3.8) is 0 Å². The van der Waals surface area contributed by atoms with Gasteiger partial charge < -0.3 is 10.2 Å². The van der Waals surface area contributed by atoms with Gasteiger partial charge in [0.2, 0.25) is 0 Å². The molecule has 2 saturated heterocycles. The van der Waals surface area contributed by atoms with Crippen molar-refractivity contribution >= 4 is 18.3 Å². The number of amides is 1. The van der Waals surface area contributed by atoms with Crippen LogP contribution in [0.25, 0.3) is 0 Å². The Morgan fingerprint density at radius 1 is 1.20 bits per heavy atom. The minimum Gasteiger partial charge on any atom is -0.336 e.